The molecule has 1 N–H and O–H groups in total. The Morgan fingerprint density at radius 3 is 2.33 bits per heavy atom. The molecule has 2 heterocycles. The standard InChI is InChI=1S/C18H22N2O/c21-15-18(17-8-4-5-11-19-17)9-12-20(13-10-18)14-16-6-2-1-3-7-16/h1-8,11,21H,9-10,12-15H2. The largest absolute Gasteiger partial charge is 0.395 e. The fourth-order valence-electron chi connectivity index (χ4n) is 3.15. The molecule has 21 heavy (non-hydrogen) atoms. The smallest absolute Gasteiger partial charge is 0.0544 e. The molecule has 0 unspecified atom stereocenters. The van der Waals surface area contributed by atoms with Crippen molar-refractivity contribution in [1.29, 1.82) is 0 Å². The van der Waals surface area contributed by atoms with E-state index in [9.17, 15) is 5.11 Å². The number of hydrogen-bond donors (Lipinski definition) is 1. The molecule has 1 aromatic heterocycles. The molecule has 0 amide bonds. The molecule has 3 heteroatoms. The molecule has 1 saturated heterocycles. The van der Waals surface area contributed by atoms with Crippen LogP contribution < -0.4 is 0 Å². The van der Waals surface area contributed by atoms with Crippen LogP contribution >= 0.6 is 0 Å². The highest BCUT2D eigenvalue weighted by Gasteiger charge is 2.36. The molecular weight excluding hydrogens is 260 g/mol. The van der Waals surface area contributed by atoms with Gasteiger partial charge in [0.25, 0.3) is 0 Å². The van der Waals surface area contributed by atoms with Crippen LogP contribution in [0.1, 0.15) is 24.1 Å². The van der Waals surface area contributed by atoms with Crippen LogP contribution in [0.15, 0.2) is 54.7 Å². The van der Waals surface area contributed by atoms with Crippen LogP contribution in [-0.2, 0) is 12.0 Å². The molecule has 2 aromatic rings. The Bertz CT molecular complexity index is 548. The SMILES string of the molecule is OCC1(c2ccccn2)CCN(Cc2ccccc2)CC1. The van der Waals surface area contributed by atoms with Gasteiger partial charge in [-0.15, -0.1) is 0 Å². The fraction of sp³-hybridized carbons (Fsp3) is 0.389. The third kappa shape index (κ3) is 3.14. The van der Waals surface area contributed by atoms with Crippen LogP contribution in [0.4, 0.5) is 0 Å². The number of aliphatic hydroxyl groups is 1. The average Bonchev–Trinajstić information content (AvgIpc) is 2.58. The first kappa shape index (κ1) is 14.2. The van der Waals surface area contributed by atoms with Gasteiger partial charge in [0.1, 0.15) is 0 Å². The normalized spacial score (nSPS) is 18.5. The van der Waals surface area contributed by atoms with Crippen LogP contribution in [0.2, 0.25) is 0 Å². The third-order valence-electron chi connectivity index (χ3n) is 4.57. The first-order valence-corrected chi connectivity index (χ1v) is 7.61. The van der Waals surface area contributed by atoms with Crippen LogP contribution in [0.3, 0.4) is 0 Å². The minimum absolute atomic E-state index is 0.158. The number of pyridine rings is 1. The monoisotopic (exact) mass is 282 g/mol. The first-order chi connectivity index (χ1) is 10.3. The summed E-state index contributed by atoms with van der Waals surface area (Å²) in [5, 5.41) is 9.91. The van der Waals surface area contributed by atoms with Gasteiger partial charge in [0, 0.05) is 23.9 Å². The second kappa shape index (κ2) is 6.37. The predicted octanol–water partition coefficient (Wildman–Crippen LogP) is 2.61. The Hall–Kier alpha value is -1.71. The maximum absolute atomic E-state index is 9.91. The minimum Gasteiger partial charge on any atom is -0.395 e. The lowest BCUT2D eigenvalue weighted by Crippen LogP contribution is -2.44. The van der Waals surface area contributed by atoms with E-state index in [1.165, 1.54) is 5.56 Å². The molecule has 0 radical (unpaired) electrons. The lowest BCUT2D eigenvalue weighted by atomic mass is 9.76. The van der Waals surface area contributed by atoms with Crippen molar-refractivity contribution in [3.63, 3.8) is 0 Å². The fourth-order valence-corrected chi connectivity index (χ4v) is 3.15. The van der Waals surface area contributed by atoms with E-state index in [2.05, 4.69) is 40.2 Å². The van der Waals surface area contributed by atoms with Crippen molar-refractivity contribution in [2.75, 3.05) is 19.7 Å². The molecule has 0 spiro atoms. The summed E-state index contributed by atoms with van der Waals surface area (Å²) in [4.78, 5) is 6.94. The molecule has 3 rings (SSSR count). The second-order valence-electron chi connectivity index (χ2n) is 5.92. The Balaban J connectivity index is 1.66. The van der Waals surface area contributed by atoms with Crippen molar-refractivity contribution in [3.8, 4) is 0 Å². The van der Waals surface area contributed by atoms with Crippen LogP contribution in [0, 0.1) is 0 Å². The van der Waals surface area contributed by atoms with Gasteiger partial charge in [-0.3, -0.25) is 9.88 Å². The van der Waals surface area contributed by atoms with Gasteiger partial charge in [0.2, 0.25) is 0 Å². The van der Waals surface area contributed by atoms with Gasteiger partial charge < -0.3 is 5.11 Å². The molecule has 3 nitrogen and oxygen atoms in total. The lowest BCUT2D eigenvalue weighted by molar-refractivity contribution is 0.0947. The van der Waals surface area contributed by atoms with E-state index in [-0.39, 0.29) is 12.0 Å². The highest BCUT2D eigenvalue weighted by Crippen LogP contribution is 2.34. The number of rotatable bonds is 4. The summed E-state index contributed by atoms with van der Waals surface area (Å²) < 4.78 is 0. The number of piperidine rings is 1. The molecular formula is C18H22N2O. The van der Waals surface area contributed by atoms with E-state index in [1.54, 1.807) is 0 Å². The minimum atomic E-state index is -0.158. The average molecular weight is 282 g/mol. The maximum atomic E-state index is 9.91. The molecule has 0 aliphatic carbocycles. The van der Waals surface area contributed by atoms with E-state index in [4.69, 9.17) is 0 Å². The second-order valence-corrected chi connectivity index (χ2v) is 5.92. The number of likely N-dealkylation sites (tertiary alicyclic amines) is 1. The molecule has 1 aliphatic heterocycles. The van der Waals surface area contributed by atoms with Crippen molar-refractivity contribution in [1.82, 2.24) is 9.88 Å². The number of aromatic nitrogens is 1. The van der Waals surface area contributed by atoms with Crippen molar-refractivity contribution in [2.45, 2.75) is 24.8 Å². The Morgan fingerprint density at radius 1 is 1.00 bits per heavy atom. The van der Waals surface area contributed by atoms with E-state index in [0.29, 0.717) is 0 Å². The van der Waals surface area contributed by atoms with Gasteiger partial charge >= 0.3 is 0 Å². The number of nitrogens with zero attached hydrogens (tertiary/aromatic N) is 2. The van der Waals surface area contributed by atoms with E-state index < -0.39 is 0 Å². The summed E-state index contributed by atoms with van der Waals surface area (Å²) >= 11 is 0. The zero-order chi connectivity index (χ0) is 14.5. The summed E-state index contributed by atoms with van der Waals surface area (Å²) in [6.07, 6.45) is 3.75. The zero-order valence-corrected chi connectivity index (χ0v) is 12.3. The Morgan fingerprint density at radius 2 is 1.71 bits per heavy atom. The van der Waals surface area contributed by atoms with Crippen molar-refractivity contribution in [2.24, 2.45) is 0 Å². The van der Waals surface area contributed by atoms with Crippen LogP contribution in [0.5, 0.6) is 0 Å². The molecule has 1 aliphatic rings. The highest BCUT2D eigenvalue weighted by atomic mass is 16.3. The topological polar surface area (TPSA) is 36.4 Å². The third-order valence-corrected chi connectivity index (χ3v) is 4.57. The van der Waals surface area contributed by atoms with Gasteiger partial charge in [-0.2, -0.15) is 0 Å². The number of benzene rings is 1. The van der Waals surface area contributed by atoms with Crippen LogP contribution in [-0.4, -0.2) is 34.7 Å². The van der Waals surface area contributed by atoms with Crippen molar-refractivity contribution >= 4 is 0 Å². The van der Waals surface area contributed by atoms with Gasteiger partial charge in [-0.05, 0) is 43.6 Å². The molecule has 1 fully saturated rings. The molecule has 0 bridgehead atoms. The highest BCUT2D eigenvalue weighted by molar-refractivity contribution is 5.19. The van der Waals surface area contributed by atoms with Crippen molar-refractivity contribution in [3.05, 3.63) is 66.0 Å². The Kier molecular flexibility index (Phi) is 4.32. The Labute approximate surface area is 126 Å². The maximum Gasteiger partial charge on any atom is 0.0544 e. The zero-order valence-electron chi connectivity index (χ0n) is 12.3. The number of hydrogen-bond acceptors (Lipinski definition) is 3. The molecule has 0 saturated carbocycles. The molecule has 1 aromatic carbocycles. The summed E-state index contributed by atoms with van der Waals surface area (Å²) in [6, 6.07) is 16.6. The summed E-state index contributed by atoms with van der Waals surface area (Å²) in [5.41, 5.74) is 2.23. The molecule has 0 atom stereocenters. The summed E-state index contributed by atoms with van der Waals surface area (Å²) in [5.74, 6) is 0. The predicted molar refractivity (Wildman–Crippen MR) is 84.0 cm³/mol. The quantitative estimate of drug-likeness (QED) is 0.936. The summed E-state index contributed by atoms with van der Waals surface area (Å²) in [6.45, 7) is 3.19. The van der Waals surface area contributed by atoms with Gasteiger partial charge in [-0.25, -0.2) is 0 Å². The van der Waals surface area contributed by atoms with Crippen LogP contribution in [0.25, 0.3) is 0 Å². The first-order valence-electron chi connectivity index (χ1n) is 7.61. The van der Waals surface area contributed by atoms with Gasteiger partial charge in [0.15, 0.2) is 0 Å². The molecule has 110 valence electrons. The van der Waals surface area contributed by atoms with E-state index in [1.807, 2.05) is 24.4 Å². The summed E-state index contributed by atoms with van der Waals surface area (Å²) in [7, 11) is 0. The lowest BCUT2D eigenvalue weighted by Gasteiger charge is -2.40. The van der Waals surface area contributed by atoms with Gasteiger partial charge in [-0.1, -0.05) is 36.4 Å². The van der Waals surface area contributed by atoms with Crippen molar-refractivity contribution < 1.29 is 5.11 Å². The van der Waals surface area contributed by atoms with Gasteiger partial charge in [0.05, 0.1) is 6.61 Å². The van der Waals surface area contributed by atoms with E-state index in [0.717, 1.165) is 38.2 Å². The van der Waals surface area contributed by atoms with E-state index >= 15 is 0 Å². The number of aliphatic hydroxyl groups excluding tert-OH is 1.